The molecule has 5 rings (SSSR count). The van der Waals surface area contributed by atoms with Gasteiger partial charge < -0.3 is 15.1 Å². The number of carbonyl (C=O) groups is 1. The number of anilines is 1. The number of fused-ring (bicyclic) bond motifs is 1. The van der Waals surface area contributed by atoms with Crippen molar-refractivity contribution in [1.29, 1.82) is 0 Å². The number of urea groups is 1. The van der Waals surface area contributed by atoms with Gasteiger partial charge in [0.25, 0.3) is 0 Å². The summed E-state index contributed by atoms with van der Waals surface area (Å²) in [6.07, 6.45) is 10.9. The lowest BCUT2D eigenvalue weighted by molar-refractivity contribution is 0.193. The zero-order valence-corrected chi connectivity index (χ0v) is 21.7. The molecule has 0 unspecified atom stereocenters. The second-order valence-electron chi connectivity index (χ2n) is 10.3. The Morgan fingerprint density at radius 2 is 1.83 bits per heavy atom. The molecule has 8 nitrogen and oxygen atoms in total. The van der Waals surface area contributed by atoms with Crippen LogP contribution in [0.3, 0.4) is 0 Å². The van der Waals surface area contributed by atoms with Crippen molar-refractivity contribution >= 4 is 22.9 Å². The predicted molar refractivity (Wildman–Crippen MR) is 144 cm³/mol. The SMILES string of the molecule is CCC[C@@H](C)c1nc(N2CCCN(C(=O)NC3CCCCC3)CC2)c2cnn(-c3ccccc3)c2n1. The van der Waals surface area contributed by atoms with Gasteiger partial charge in [-0.1, -0.05) is 57.7 Å². The first kappa shape index (κ1) is 24.5. The summed E-state index contributed by atoms with van der Waals surface area (Å²) in [4.78, 5) is 27.4. The lowest BCUT2D eigenvalue weighted by atomic mass is 9.96. The fourth-order valence-corrected chi connectivity index (χ4v) is 5.54. The van der Waals surface area contributed by atoms with Crippen molar-refractivity contribution in [3.05, 3.63) is 42.4 Å². The third-order valence-corrected chi connectivity index (χ3v) is 7.60. The van der Waals surface area contributed by atoms with Gasteiger partial charge in [0.15, 0.2) is 5.65 Å². The number of nitrogens with one attached hydrogen (secondary N) is 1. The summed E-state index contributed by atoms with van der Waals surface area (Å²) in [6.45, 7) is 7.48. The van der Waals surface area contributed by atoms with Gasteiger partial charge in [-0.05, 0) is 37.8 Å². The minimum atomic E-state index is 0.0886. The molecule has 3 heterocycles. The lowest BCUT2D eigenvalue weighted by Crippen LogP contribution is -2.46. The summed E-state index contributed by atoms with van der Waals surface area (Å²) >= 11 is 0. The van der Waals surface area contributed by atoms with E-state index in [0.717, 1.165) is 80.1 Å². The van der Waals surface area contributed by atoms with E-state index in [4.69, 9.17) is 15.1 Å². The van der Waals surface area contributed by atoms with E-state index in [-0.39, 0.29) is 11.9 Å². The van der Waals surface area contributed by atoms with Crippen LogP contribution in [0.4, 0.5) is 10.6 Å². The van der Waals surface area contributed by atoms with Gasteiger partial charge in [-0.15, -0.1) is 0 Å². The van der Waals surface area contributed by atoms with Crippen molar-refractivity contribution in [3.8, 4) is 5.69 Å². The van der Waals surface area contributed by atoms with Crippen LogP contribution in [0, 0.1) is 0 Å². The van der Waals surface area contributed by atoms with Crippen LogP contribution >= 0.6 is 0 Å². The van der Waals surface area contributed by atoms with Crippen LogP contribution < -0.4 is 10.2 Å². The van der Waals surface area contributed by atoms with Crippen molar-refractivity contribution in [1.82, 2.24) is 30.0 Å². The van der Waals surface area contributed by atoms with Crippen molar-refractivity contribution in [2.45, 2.75) is 77.2 Å². The normalized spacial score (nSPS) is 18.3. The number of amides is 2. The molecule has 2 fully saturated rings. The van der Waals surface area contributed by atoms with Crippen LogP contribution in [0.1, 0.15) is 77.0 Å². The largest absolute Gasteiger partial charge is 0.354 e. The zero-order chi connectivity index (χ0) is 24.9. The average molecular weight is 490 g/mol. The molecule has 2 aromatic heterocycles. The summed E-state index contributed by atoms with van der Waals surface area (Å²) < 4.78 is 1.92. The molecule has 1 aliphatic carbocycles. The molecule has 1 aromatic carbocycles. The van der Waals surface area contributed by atoms with Gasteiger partial charge in [0, 0.05) is 38.1 Å². The molecule has 1 aliphatic heterocycles. The smallest absolute Gasteiger partial charge is 0.317 e. The highest BCUT2D eigenvalue weighted by Crippen LogP contribution is 2.30. The molecule has 36 heavy (non-hydrogen) atoms. The topological polar surface area (TPSA) is 79.2 Å². The Kier molecular flexibility index (Phi) is 7.68. The Bertz CT molecular complexity index is 1160. The van der Waals surface area contributed by atoms with E-state index >= 15 is 0 Å². The number of benzene rings is 1. The second kappa shape index (κ2) is 11.3. The quantitative estimate of drug-likeness (QED) is 0.510. The molecule has 0 radical (unpaired) electrons. The van der Waals surface area contributed by atoms with Gasteiger partial charge in [-0.3, -0.25) is 0 Å². The van der Waals surface area contributed by atoms with Gasteiger partial charge in [-0.25, -0.2) is 19.4 Å². The maximum atomic E-state index is 13.0. The molecule has 8 heteroatoms. The fourth-order valence-electron chi connectivity index (χ4n) is 5.54. The molecule has 1 saturated carbocycles. The van der Waals surface area contributed by atoms with Gasteiger partial charge in [0.1, 0.15) is 11.6 Å². The van der Waals surface area contributed by atoms with Crippen molar-refractivity contribution < 1.29 is 4.79 Å². The Labute approximate surface area is 214 Å². The highest BCUT2D eigenvalue weighted by Gasteiger charge is 2.26. The number of para-hydroxylation sites is 1. The zero-order valence-electron chi connectivity index (χ0n) is 21.7. The molecule has 1 saturated heterocycles. The van der Waals surface area contributed by atoms with E-state index in [1.165, 1.54) is 19.3 Å². The molecular weight excluding hydrogens is 450 g/mol. The van der Waals surface area contributed by atoms with Crippen LogP contribution in [0.25, 0.3) is 16.7 Å². The molecule has 1 N–H and O–H groups in total. The van der Waals surface area contributed by atoms with Crippen molar-refractivity contribution in [3.63, 3.8) is 0 Å². The second-order valence-corrected chi connectivity index (χ2v) is 10.3. The number of aromatic nitrogens is 4. The van der Waals surface area contributed by atoms with Crippen molar-refractivity contribution in [2.24, 2.45) is 0 Å². The number of hydrogen-bond acceptors (Lipinski definition) is 5. The van der Waals surface area contributed by atoms with Gasteiger partial charge in [0.2, 0.25) is 0 Å². The summed E-state index contributed by atoms with van der Waals surface area (Å²) in [7, 11) is 0. The number of carbonyl (C=O) groups excluding carboxylic acids is 1. The van der Waals surface area contributed by atoms with Crippen LogP contribution in [0.2, 0.25) is 0 Å². The lowest BCUT2D eigenvalue weighted by Gasteiger charge is -2.28. The van der Waals surface area contributed by atoms with Gasteiger partial charge in [-0.2, -0.15) is 5.10 Å². The Morgan fingerprint density at radius 1 is 1.03 bits per heavy atom. The van der Waals surface area contributed by atoms with E-state index in [1.54, 1.807) is 0 Å². The third-order valence-electron chi connectivity index (χ3n) is 7.60. The first-order valence-corrected chi connectivity index (χ1v) is 13.8. The van der Waals surface area contributed by atoms with Crippen LogP contribution in [-0.2, 0) is 0 Å². The predicted octanol–water partition coefficient (Wildman–Crippen LogP) is 5.27. The van der Waals surface area contributed by atoms with Gasteiger partial charge in [0.05, 0.1) is 17.3 Å². The molecule has 0 spiro atoms. The highest BCUT2D eigenvalue weighted by atomic mass is 16.2. The maximum Gasteiger partial charge on any atom is 0.317 e. The summed E-state index contributed by atoms with van der Waals surface area (Å²) in [5.74, 6) is 2.07. The number of hydrogen-bond donors (Lipinski definition) is 1. The number of rotatable bonds is 6. The monoisotopic (exact) mass is 489 g/mol. The van der Waals surface area contributed by atoms with Gasteiger partial charge >= 0.3 is 6.03 Å². The molecule has 0 bridgehead atoms. The van der Waals surface area contributed by atoms with Crippen LogP contribution in [0.5, 0.6) is 0 Å². The first-order valence-electron chi connectivity index (χ1n) is 13.8. The van der Waals surface area contributed by atoms with Crippen LogP contribution in [0.15, 0.2) is 36.5 Å². The molecule has 3 aromatic rings. The fraction of sp³-hybridized carbons (Fsp3) is 0.571. The molecule has 1 atom stereocenters. The minimum absolute atomic E-state index is 0.0886. The average Bonchev–Trinajstić information content (AvgIpc) is 3.18. The summed E-state index contributed by atoms with van der Waals surface area (Å²) in [5.41, 5.74) is 1.84. The Balaban J connectivity index is 1.41. The summed E-state index contributed by atoms with van der Waals surface area (Å²) in [5, 5.41) is 8.97. The third kappa shape index (κ3) is 5.32. The standard InChI is InChI=1S/C28H39N7O/c1-3-11-21(2)25-31-26(24-20-29-35(27(24)32-25)23-14-8-5-9-15-23)33-16-10-17-34(19-18-33)28(36)30-22-12-6-4-7-13-22/h5,8-9,14-15,20-22H,3-4,6-7,10-13,16-19H2,1-2H3,(H,30,36)/t21-/m1/s1. The Morgan fingerprint density at radius 3 is 2.61 bits per heavy atom. The van der Waals surface area contributed by atoms with E-state index in [9.17, 15) is 4.79 Å². The van der Waals surface area contributed by atoms with Crippen molar-refractivity contribution in [2.75, 3.05) is 31.1 Å². The number of nitrogens with zero attached hydrogens (tertiary/aromatic N) is 6. The summed E-state index contributed by atoms with van der Waals surface area (Å²) in [6, 6.07) is 10.6. The molecular formula is C28H39N7O. The maximum absolute atomic E-state index is 13.0. The van der Waals surface area contributed by atoms with E-state index in [1.807, 2.05) is 34.0 Å². The van der Waals surface area contributed by atoms with Crippen LogP contribution in [-0.4, -0.2) is 62.9 Å². The van der Waals surface area contributed by atoms with E-state index in [0.29, 0.717) is 12.6 Å². The van der Waals surface area contributed by atoms with E-state index in [2.05, 4.69) is 36.2 Å². The highest BCUT2D eigenvalue weighted by molar-refractivity contribution is 5.88. The minimum Gasteiger partial charge on any atom is -0.354 e. The molecule has 192 valence electrons. The van der Waals surface area contributed by atoms with E-state index < -0.39 is 0 Å². The Hall–Kier alpha value is -3.16. The molecule has 2 aliphatic rings. The molecule has 2 amide bonds. The first-order chi connectivity index (χ1) is 17.6.